The van der Waals surface area contributed by atoms with Crippen LogP contribution in [0.2, 0.25) is 0 Å². The van der Waals surface area contributed by atoms with Gasteiger partial charge in [-0.15, -0.1) is 0 Å². The highest BCUT2D eigenvalue weighted by atomic mass is 16.5. The number of aryl methyl sites for hydroxylation is 1. The van der Waals surface area contributed by atoms with Crippen molar-refractivity contribution in [2.24, 2.45) is 7.05 Å². The van der Waals surface area contributed by atoms with E-state index in [4.69, 9.17) is 0 Å². The van der Waals surface area contributed by atoms with Crippen LogP contribution in [0.4, 0.5) is 0 Å². The second-order valence-electron chi connectivity index (χ2n) is 3.68. The summed E-state index contributed by atoms with van der Waals surface area (Å²) in [4.78, 5) is 31.5. The number of hydrogen-bond donors (Lipinski definition) is 0. The molecule has 0 atom stereocenters. The lowest BCUT2D eigenvalue weighted by Crippen LogP contribution is -2.23. The molecule has 2 rings (SSSR count). The molecule has 0 spiro atoms. The third-order valence-electron chi connectivity index (χ3n) is 2.51. The van der Waals surface area contributed by atoms with Crippen molar-refractivity contribution in [3.8, 4) is 5.82 Å². The van der Waals surface area contributed by atoms with Crippen molar-refractivity contribution in [3.63, 3.8) is 0 Å². The Kier molecular flexibility index (Phi) is 2.97. The first-order valence-electron chi connectivity index (χ1n) is 5.21. The first-order valence-corrected chi connectivity index (χ1v) is 5.21. The monoisotopic (exact) mass is 248 g/mol. The summed E-state index contributed by atoms with van der Waals surface area (Å²) in [6, 6.07) is 1.59. The molecule has 2 aromatic rings. The number of ether oxygens (including phenoxy) is 1. The molecule has 0 unspecified atom stereocenters. The summed E-state index contributed by atoms with van der Waals surface area (Å²) < 4.78 is 7.09. The smallest absolute Gasteiger partial charge is 0.356 e. The molecule has 0 amide bonds. The highest BCUT2D eigenvalue weighted by Gasteiger charge is 2.16. The topological polar surface area (TPSA) is 79.0 Å². The van der Waals surface area contributed by atoms with E-state index in [-0.39, 0.29) is 11.4 Å². The van der Waals surface area contributed by atoms with Gasteiger partial charge in [0.1, 0.15) is 17.3 Å². The zero-order valence-corrected chi connectivity index (χ0v) is 10.2. The lowest BCUT2D eigenvalue weighted by molar-refractivity contribution is 0.0589. The second kappa shape index (κ2) is 4.44. The van der Waals surface area contributed by atoms with Gasteiger partial charge in [-0.25, -0.2) is 19.6 Å². The largest absolute Gasteiger partial charge is 0.464 e. The van der Waals surface area contributed by atoms with Crippen molar-refractivity contribution < 1.29 is 9.53 Å². The molecule has 0 saturated carbocycles. The standard InChI is InChI=1S/C11H12N4O3/c1-7-12-5-4-9(13-7)15-6-8(10(16)18-3)14(2)11(15)17/h4-6H,1-3H3. The Hall–Kier alpha value is -2.44. The van der Waals surface area contributed by atoms with Crippen LogP contribution < -0.4 is 5.69 Å². The molecular formula is C11H12N4O3. The van der Waals surface area contributed by atoms with E-state index in [2.05, 4.69) is 14.7 Å². The van der Waals surface area contributed by atoms with Gasteiger partial charge in [0, 0.05) is 19.4 Å². The number of hydrogen-bond acceptors (Lipinski definition) is 5. The number of nitrogens with zero attached hydrogens (tertiary/aromatic N) is 4. The van der Waals surface area contributed by atoms with Crippen molar-refractivity contribution in [2.45, 2.75) is 6.92 Å². The minimum Gasteiger partial charge on any atom is -0.464 e. The molecule has 2 heterocycles. The lowest BCUT2D eigenvalue weighted by Gasteiger charge is -1.99. The molecule has 0 fully saturated rings. The Morgan fingerprint density at radius 2 is 2.17 bits per heavy atom. The van der Waals surface area contributed by atoms with Gasteiger partial charge in [0.2, 0.25) is 0 Å². The summed E-state index contributed by atoms with van der Waals surface area (Å²) in [5.74, 6) is 0.389. The SMILES string of the molecule is COC(=O)c1cn(-c2ccnc(C)n2)c(=O)n1C. The fourth-order valence-corrected chi connectivity index (χ4v) is 1.56. The molecule has 2 aromatic heterocycles. The molecule has 0 radical (unpaired) electrons. The van der Waals surface area contributed by atoms with E-state index in [1.54, 1.807) is 19.2 Å². The van der Waals surface area contributed by atoms with E-state index in [0.29, 0.717) is 11.6 Å². The number of rotatable bonds is 2. The quantitative estimate of drug-likeness (QED) is 0.702. The minimum absolute atomic E-state index is 0.166. The van der Waals surface area contributed by atoms with Gasteiger partial charge in [-0.3, -0.25) is 9.13 Å². The molecule has 0 aliphatic rings. The maximum atomic E-state index is 12.0. The maximum absolute atomic E-state index is 12.0. The van der Waals surface area contributed by atoms with Crippen molar-refractivity contribution in [1.29, 1.82) is 0 Å². The Morgan fingerprint density at radius 1 is 1.44 bits per heavy atom. The first-order chi connectivity index (χ1) is 8.54. The summed E-state index contributed by atoms with van der Waals surface area (Å²) in [6.45, 7) is 1.72. The van der Waals surface area contributed by atoms with E-state index in [9.17, 15) is 9.59 Å². The highest BCUT2D eigenvalue weighted by molar-refractivity contribution is 5.87. The van der Waals surface area contributed by atoms with Crippen LogP contribution in [-0.4, -0.2) is 32.2 Å². The van der Waals surface area contributed by atoms with Crippen LogP contribution in [0.1, 0.15) is 16.3 Å². The zero-order valence-electron chi connectivity index (χ0n) is 10.2. The molecule has 7 heteroatoms. The molecular weight excluding hydrogens is 236 g/mol. The fraction of sp³-hybridized carbons (Fsp3) is 0.273. The van der Waals surface area contributed by atoms with E-state index >= 15 is 0 Å². The zero-order chi connectivity index (χ0) is 13.3. The van der Waals surface area contributed by atoms with Gasteiger partial charge in [-0.1, -0.05) is 0 Å². The summed E-state index contributed by atoms with van der Waals surface area (Å²) >= 11 is 0. The van der Waals surface area contributed by atoms with E-state index in [1.807, 2.05) is 0 Å². The normalized spacial score (nSPS) is 10.4. The van der Waals surface area contributed by atoms with Crippen LogP contribution in [0, 0.1) is 6.92 Å². The Labute approximate surface area is 103 Å². The van der Waals surface area contributed by atoms with Gasteiger partial charge in [0.25, 0.3) is 0 Å². The number of aromatic nitrogens is 4. The van der Waals surface area contributed by atoms with Crippen LogP contribution in [0.5, 0.6) is 0 Å². The number of imidazole rings is 1. The minimum atomic E-state index is -0.570. The van der Waals surface area contributed by atoms with Crippen LogP contribution in [0.15, 0.2) is 23.3 Å². The Balaban J connectivity index is 2.60. The molecule has 0 N–H and O–H groups in total. The molecule has 94 valence electrons. The van der Waals surface area contributed by atoms with Crippen LogP contribution >= 0.6 is 0 Å². The molecule has 7 nitrogen and oxygen atoms in total. The van der Waals surface area contributed by atoms with Gasteiger partial charge in [0.05, 0.1) is 7.11 Å². The second-order valence-corrected chi connectivity index (χ2v) is 3.68. The predicted molar refractivity (Wildman–Crippen MR) is 62.7 cm³/mol. The van der Waals surface area contributed by atoms with E-state index < -0.39 is 5.97 Å². The molecule has 0 aliphatic heterocycles. The molecule has 0 aromatic carbocycles. The Bertz CT molecular complexity index is 657. The maximum Gasteiger partial charge on any atom is 0.356 e. The van der Waals surface area contributed by atoms with E-state index in [1.165, 1.54) is 29.5 Å². The van der Waals surface area contributed by atoms with Crippen molar-refractivity contribution >= 4 is 5.97 Å². The number of carbonyl (C=O) groups excluding carboxylic acids is 1. The number of carbonyl (C=O) groups is 1. The Morgan fingerprint density at radius 3 is 2.78 bits per heavy atom. The first kappa shape index (κ1) is 12.0. The molecule has 0 bridgehead atoms. The van der Waals surface area contributed by atoms with Crippen LogP contribution in [-0.2, 0) is 11.8 Å². The van der Waals surface area contributed by atoms with Gasteiger partial charge in [-0.2, -0.15) is 0 Å². The predicted octanol–water partition coefficient (Wildman–Crippen LogP) is 0.0610. The molecule has 0 aliphatic carbocycles. The number of esters is 1. The molecule has 0 saturated heterocycles. The average molecular weight is 248 g/mol. The summed E-state index contributed by atoms with van der Waals surface area (Å²) in [7, 11) is 2.76. The van der Waals surface area contributed by atoms with Crippen molar-refractivity contribution in [3.05, 3.63) is 40.5 Å². The van der Waals surface area contributed by atoms with Crippen LogP contribution in [0.3, 0.4) is 0 Å². The summed E-state index contributed by atoms with van der Waals surface area (Å²) in [5.41, 5.74) is -0.202. The number of methoxy groups -OCH3 is 1. The third-order valence-corrected chi connectivity index (χ3v) is 2.51. The van der Waals surface area contributed by atoms with E-state index in [0.717, 1.165) is 0 Å². The average Bonchev–Trinajstić information content (AvgIpc) is 2.66. The van der Waals surface area contributed by atoms with Crippen molar-refractivity contribution in [1.82, 2.24) is 19.1 Å². The third kappa shape index (κ3) is 1.90. The van der Waals surface area contributed by atoms with Crippen LogP contribution in [0.25, 0.3) is 5.82 Å². The van der Waals surface area contributed by atoms with Gasteiger partial charge >= 0.3 is 11.7 Å². The summed E-state index contributed by atoms with van der Waals surface area (Å²) in [5, 5.41) is 0. The van der Waals surface area contributed by atoms with Gasteiger partial charge in [0.15, 0.2) is 0 Å². The lowest BCUT2D eigenvalue weighted by atomic mass is 10.4. The highest BCUT2D eigenvalue weighted by Crippen LogP contribution is 2.05. The summed E-state index contributed by atoms with van der Waals surface area (Å²) in [6.07, 6.45) is 2.95. The molecule has 18 heavy (non-hydrogen) atoms. The van der Waals surface area contributed by atoms with Gasteiger partial charge < -0.3 is 4.74 Å². The fourth-order valence-electron chi connectivity index (χ4n) is 1.56. The van der Waals surface area contributed by atoms with Crippen molar-refractivity contribution in [2.75, 3.05) is 7.11 Å². The van der Waals surface area contributed by atoms with Gasteiger partial charge in [-0.05, 0) is 13.0 Å².